The van der Waals surface area contributed by atoms with E-state index in [9.17, 15) is 4.79 Å². The van der Waals surface area contributed by atoms with Crippen molar-refractivity contribution in [2.24, 2.45) is 0 Å². The fourth-order valence-corrected chi connectivity index (χ4v) is 3.60. The van der Waals surface area contributed by atoms with E-state index in [-0.39, 0.29) is 18.7 Å². The molecule has 0 spiro atoms. The van der Waals surface area contributed by atoms with Gasteiger partial charge in [-0.05, 0) is 54.9 Å². The van der Waals surface area contributed by atoms with Gasteiger partial charge in [-0.15, -0.1) is 0 Å². The SMILES string of the molecule is CCN(CC)C(CNC(=O)CCc1ccc2c(c1)OCO2)c1ccc(OC)cc1. The number of methoxy groups -OCH3 is 1. The molecule has 0 aliphatic carbocycles. The van der Waals surface area contributed by atoms with Crippen molar-refractivity contribution < 1.29 is 19.0 Å². The Bertz CT molecular complexity index is 803. The van der Waals surface area contributed by atoms with Crippen LogP contribution in [0.2, 0.25) is 0 Å². The van der Waals surface area contributed by atoms with Gasteiger partial charge in [-0.1, -0.05) is 32.0 Å². The van der Waals surface area contributed by atoms with Crippen LogP contribution in [0.3, 0.4) is 0 Å². The van der Waals surface area contributed by atoms with E-state index in [4.69, 9.17) is 14.2 Å². The third kappa shape index (κ3) is 5.41. The summed E-state index contributed by atoms with van der Waals surface area (Å²) in [5, 5.41) is 3.11. The standard InChI is InChI=1S/C23H30N2O4/c1-4-25(5-2)20(18-8-10-19(27-3)11-9-18)15-24-23(26)13-7-17-6-12-21-22(14-17)29-16-28-21/h6,8-12,14,20H,4-5,7,13,15-16H2,1-3H3,(H,24,26). The summed E-state index contributed by atoms with van der Waals surface area (Å²) >= 11 is 0. The van der Waals surface area contributed by atoms with E-state index in [0.717, 1.165) is 35.9 Å². The van der Waals surface area contributed by atoms with Crippen LogP contribution in [-0.2, 0) is 11.2 Å². The van der Waals surface area contributed by atoms with Crippen molar-refractivity contribution in [2.45, 2.75) is 32.7 Å². The maximum atomic E-state index is 12.5. The molecule has 1 amide bonds. The van der Waals surface area contributed by atoms with Gasteiger partial charge in [0, 0.05) is 13.0 Å². The van der Waals surface area contributed by atoms with Crippen LogP contribution in [0, 0.1) is 0 Å². The average Bonchev–Trinajstić information content (AvgIpc) is 3.23. The van der Waals surface area contributed by atoms with Gasteiger partial charge in [-0.2, -0.15) is 0 Å². The highest BCUT2D eigenvalue weighted by atomic mass is 16.7. The molecule has 6 heteroatoms. The molecule has 3 rings (SSSR count). The van der Waals surface area contributed by atoms with E-state index in [1.54, 1.807) is 7.11 Å². The largest absolute Gasteiger partial charge is 0.497 e. The van der Waals surface area contributed by atoms with Crippen molar-refractivity contribution in [3.63, 3.8) is 0 Å². The van der Waals surface area contributed by atoms with Crippen molar-refractivity contribution in [1.29, 1.82) is 0 Å². The Labute approximate surface area is 172 Å². The van der Waals surface area contributed by atoms with Gasteiger partial charge in [0.05, 0.1) is 13.2 Å². The number of hydrogen-bond donors (Lipinski definition) is 1. The summed E-state index contributed by atoms with van der Waals surface area (Å²) in [5.74, 6) is 2.40. The topological polar surface area (TPSA) is 60.0 Å². The fraction of sp³-hybridized carbons (Fsp3) is 0.435. The van der Waals surface area contributed by atoms with E-state index in [0.29, 0.717) is 19.4 Å². The minimum absolute atomic E-state index is 0.0494. The molecular weight excluding hydrogens is 368 g/mol. The average molecular weight is 399 g/mol. The van der Waals surface area contributed by atoms with Gasteiger partial charge in [-0.25, -0.2) is 0 Å². The number of likely N-dealkylation sites (N-methyl/N-ethyl adjacent to an activating group) is 1. The number of carbonyl (C=O) groups is 1. The second kappa shape index (κ2) is 10.2. The summed E-state index contributed by atoms with van der Waals surface area (Å²) < 4.78 is 16.0. The molecule has 1 heterocycles. The molecule has 0 aromatic heterocycles. The molecule has 0 bridgehead atoms. The first-order valence-electron chi connectivity index (χ1n) is 10.2. The van der Waals surface area contributed by atoms with Gasteiger partial charge in [0.25, 0.3) is 0 Å². The number of rotatable bonds is 10. The summed E-state index contributed by atoms with van der Waals surface area (Å²) in [5.41, 5.74) is 2.24. The van der Waals surface area contributed by atoms with E-state index in [2.05, 4.69) is 36.2 Å². The monoisotopic (exact) mass is 398 g/mol. The number of benzene rings is 2. The Kier molecular flexibility index (Phi) is 7.36. The number of ether oxygens (including phenoxy) is 3. The van der Waals surface area contributed by atoms with Crippen LogP contribution in [0.25, 0.3) is 0 Å². The van der Waals surface area contributed by atoms with Gasteiger partial charge in [0.15, 0.2) is 11.5 Å². The molecule has 156 valence electrons. The zero-order valence-corrected chi connectivity index (χ0v) is 17.4. The lowest BCUT2D eigenvalue weighted by Gasteiger charge is -2.30. The predicted octanol–water partition coefficient (Wildman–Crippen LogP) is 3.56. The summed E-state index contributed by atoms with van der Waals surface area (Å²) in [6.45, 7) is 6.95. The number of aryl methyl sites for hydroxylation is 1. The number of nitrogens with zero attached hydrogens (tertiary/aromatic N) is 1. The molecule has 0 fully saturated rings. The maximum Gasteiger partial charge on any atom is 0.231 e. The molecule has 2 aromatic carbocycles. The third-order valence-electron chi connectivity index (χ3n) is 5.32. The second-order valence-corrected chi connectivity index (χ2v) is 7.00. The van der Waals surface area contributed by atoms with Crippen molar-refractivity contribution >= 4 is 5.91 Å². The van der Waals surface area contributed by atoms with E-state index in [1.807, 2.05) is 30.3 Å². The lowest BCUT2D eigenvalue weighted by Crippen LogP contribution is -2.38. The Morgan fingerprint density at radius 1 is 1.10 bits per heavy atom. The maximum absolute atomic E-state index is 12.5. The highest BCUT2D eigenvalue weighted by molar-refractivity contribution is 5.76. The highest BCUT2D eigenvalue weighted by Crippen LogP contribution is 2.32. The molecule has 6 nitrogen and oxygen atoms in total. The summed E-state index contributed by atoms with van der Waals surface area (Å²) in [6.07, 6.45) is 1.11. The summed E-state index contributed by atoms with van der Waals surface area (Å²) in [7, 11) is 1.66. The zero-order valence-electron chi connectivity index (χ0n) is 17.4. The van der Waals surface area contributed by atoms with Crippen LogP contribution in [0.1, 0.15) is 37.4 Å². The van der Waals surface area contributed by atoms with E-state index >= 15 is 0 Å². The molecule has 1 unspecified atom stereocenters. The normalized spacial score (nSPS) is 13.4. The van der Waals surface area contributed by atoms with E-state index in [1.165, 1.54) is 5.56 Å². The summed E-state index contributed by atoms with van der Waals surface area (Å²) in [4.78, 5) is 14.8. The quantitative estimate of drug-likeness (QED) is 0.663. The first kappa shape index (κ1) is 21.0. The summed E-state index contributed by atoms with van der Waals surface area (Å²) in [6, 6.07) is 14.0. The molecule has 0 radical (unpaired) electrons. The minimum Gasteiger partial charge on any atom is -0.497 e. The van der Waals surface area contributed by atoms with Crippen molar-refractivity contribution in [3.8, 4) is 17.2 Å². The van der Waals surface area contributed by atoms with Crippen LogP contribution >= 0.6 is 0 Å². The van der Waals surface area contributed by atoms with Crippen LogP contribution in [-0.4, -0.2) is 44.3 Å². The number of amides is 1. The van der Waals surface area contributed by atoms with Crippen LogP contribution in [0.5, 0.6) is 17.2 Å². The zero-order chi connectivity index (χ0) is 20.6. The first-order chi connectivity index (χ1) is 14.1. The number of hydrogen-bond acceptors (Lipinski definition) is 5. The molecule has 0 saturated carbocycles. The van der Waals surface area contributed by atoms with E-state index < -0.39 is 0 Å². The molecular formula is C23H30N2O4. The predicted molar refractivity (Wildman–Crippen MR) is 113 cm³/mol. The molecule has 1 N–H and O–H groups in total. The molecule has 1 aliphatic heterocycles. The van der Waals surface area contributed by atoms with Gasteiger partial charge in [-0.3, -0.25) is 9.69 Å². The molecule has 2 aromatic rings. The molecule has 0 saturated heterocycles. The molecule has 29 heavy (non-hydrogen) atoms. The lowest BCUT2D eigenvalue weighted by molar-refractivity contribution is -0.121. The second-order valence-electron chi connectivity index (χ2n) is 7.00. The molecule has 1 aliphatic rings. The van der Waals surface area contributed by atoms with Crippen LogP contribution in [0.4, 0.5) is 0 Å². The lowest BCUT2D eigenvalue weighted by atomic mass is 10.0. The number of fused-ring (bicyclic) bond motifs is 1. The Hall–Kier alpha value is -2.73. The Balaban J connectivity index is 1.57. The van der Waals surface area contributed by atoms with Gasteiger partial charge in [0.1, 0.15) is 5.75 Å². The first-order valence-corrected chi connectivity index (χ1v) is 10.2. The number of carbonyl (C=O) groups excluding carboxylic acids is 1. The highest BCUT2D eigenvalue weighted by Gasteiger charge is 2.19. The van der Waals surface area contributed by atoms with Crippen LogP contribution < -0.4 is 19.5 Å². The fourth-order valence-electron chi connectivity index (χ4n) is 3.60. The van der Waals surface area contributed by atoms with Crippen molar-refractivity contribution in [1.82, 2.24) is 10.2 Å². The van der Waals surface area contributed by atoms with Crippen molar-refractivity contribution in [2.75, 3.05) is 33.5 Å². The third-order valence-corrected chi connectivity index (χ3v) is 5.32. The van der Waals surface area contributed by atoms with Gasteiger partial charge in [0.2, 0.25) is 12.7 Å². The van der Waals surface area contributed by atoms with Gasteiger partial charge >= 0.3 is 0 Å². The molecule has 1 atom stereocenters. The number of nitrogens with one attached hydrogen (secondary N) is 1. The minimum atomic E-state index is 0.0494. The van der Waals surface area contributed by atoms with Gasteiger partial charge < -0.3 is 19.5 Å². The Morgan fingerprint density at radius 2 is 1.83 bits per heavy atom. The Morgan fingerprint density at radius 3 is 2.52 bits per heavy atom. The smallest absolute Gasteiger partial charge is 0.231 e. The van der Waals surface area contributed by atoms with Crippen LogP contribution in [0.15, 0.2) is 42.5 Å². The van der Waals surface area contributed by atoms with Crippen molar-refractivity contribution in [3.05, 3.63) is 53.6 Å².